The zero-order valence-corrected chi connectivity index (χ0v) is 12.2. The molecule has 2 nitrogen and oxygen atoms in total. The first-order valence-electron chi connectivity index (χ1n) is 7.04. The summed E-state index contributed by atoms with van der Waals surface area (Å²) in [5, 5.41) is 9.40. The van der Waals surface area contributed by atoms with Gasteiger partial charge in [-0.25, -0.2) is 4.39 Å². The zero-order chi connectivity index (χ0) is 15.4. The fraction of sp³-hybridized carbons (Fsp3) is 0.278. The predicted octanol–water partition coefficient (Wildman–Crippen LogP) is 4.36. The van der Waals surface area contributed by atoms with Crippen molar-refractivity contribution in [1.29, 1.82) is 0 Å². The molecular weight excluding hydrogens is 267 g/mol. The maximum absolute atomic E-state index is 13.3. The van der Waals surface area contributed by atoms with Gasteiger partial charge in [-0.3, -0.25) is 4.79 Å². The largest absolute Gasteiger partial charge is 0.481 e. The minimum atomic E-state index is -0.937. The molecule has 0 aliphatic carbocycles. The zero-order valence-electron chi connectivity index (χ0n) is 12.2. The number of benzene rings is 2. The average molecular weight is 286 g/mol. The van der Waals surface area contributed by atoms with E-state index in [4.69, 9.17) is 0 Å². The Morgan fingerprint density at radius 3 is 2.29 bits per heavy atom. The number of halogens is 1. The molecule has 0 aliphatic rings. The minimum absolute atomic E-state index is 0.358. The number of rotatable bonds is 5. The normalized spacial score (nSPS) is 12.4. The molecule has 0 spiro atoms. The van der Waals surface area contributed by atoms with Crippen LogP contribution in [0.25, 0.3) is 0 Å². The van der Waals surface area contributed by atoms with Crippen molar-refractivity contribution in [2.24, 2.45) is 0 Å². The molecule has 1 atom stereocenters. The molecule has 0 amide bonds. The number of hydrogen-bond acceptors (Lipinski definition) is 1. The Kier molecular flexibility index (Phi) is 4.73. The van der Waals surface area contributed by atoms with Crippen LogP contribution in [0.1, 0.15) is 42.4 Å². The summed E-state index contributed by atoms with van der Waals surface area (Å²) in [5.74, 6) is -1.63. The summed E-state index contributed by atoms with van der Waals surface area (Å²) < 4.78 is 13.3. The van der Waals surface area contributed by atoms with Crippen molar-refractivity contribution < 1.29 is 14.3 Å². The number of aliphatic carboxylic acids is 1. The maximum Gasteiger partial charge on any atom is 0.311 e. The molecule has 0 heterocycles. The highest BCUT2D eigenvalue weighted by Crippen LogP contribution is 2.23. The summed E-state index contributed by atoms with van der Waals surface area (Å²) in [5.41, 5.74) is 2.66. The van der Waals surface area contributed by atoms with Crippen molar-refractivity contribution in [3.63, 3.8) is 0 Å². The Morgan fingerprint density at radius 2 is 1.76 bits per heavy atom. The highest BCUT2D eigenvalue weighted by atomic mass is 19.1. The molecule has 2 aromatic rings. The van der Waals surface area contributed by atoms with Gasteiger partial charge >= 0.3 is 5.97 Å². The van der Waals surface area contributed by atoms with Crippen molar-refractivity contribution >= 4 is 5.97 Å². The van der Waals surface area contributed by atoms with Crippen LogP contribution < -0.4 is 0 Å². The van der Waals surface area contributed by atoms with Gasteiger partial charge in [-0.15, -0.1) is 0 Å². The van der Waals surface area contributed by atoms with E-state index in [1.807, 2.05) is 24.3 Å². The van der Waals surface area contributed by atoms with Gasteiger partial charge in [0.05, 0.1) is 5.92 Å². The van der Waals surface area contributed by atoms with Gasteiger partial charge in [0.1, 0.15) is 5.82 Å². The van der Waals surface area contributed by atoms with Crippen molar-refractivity contribution in [2.75, 3.05) is 0 Å². The molecule has 0 radical (unpaired) electrons. The van der Waals surface area contributed by atoms with E-state index in [0.29, 0.717) is 17.9 Å². The molecule has 0 fully saturated rings. The van der Waals surface area contributed by atoms with Crippen LogP contribution in [-0.4, -0.2) is 11.1 Å². The molecule has 110 valence electrons. The molecule has 1 unspecified atom stereocenters. The fourth-order valence-corrected chi connectivity index (χ4v) is 2.35. The van der Waals surface area contributed by atoms with Gasteiger partial charge in [0.15, 0.2) is 0 Å². The number of carboxylic acids is 1. The van der Waals surface area contributed by atoms with E-state index in [0.717, 1.165) is 5.56 Å². The van der Waals surface area contributed by atoms with Gasteiger partial charge in [0.2, 0.25) is 0 Å². The maximum atomic E-state index is 13.3. The molecular formula is C18H19FO2. The topological polar surface area (TPSA) is 37.3 Å². The van der Waals surface area contributed by atoms with Crippen LogP contribution >= 0.6 is 0 Å². The first kappa shape index (κ1) is 15.2. The quantitative estimate of drug-likeness (QED) is 0.886. The molecule has 2 aromatic carbocycles. The van der Waals surface area contributed by atoms with Crippen LogP contribution in [0.2, 0.25) is 0 Å². The lowest BCUT2D eigenvalue weighted by Crippen LogP contribution is -2.14. The van der Waals surface area contributed by atoms with E-state index in [1.54, 1.807) is 12.1 Å². The molecule has 3 heteroatoms. The SMILES string of the molecule is CC(C)c1ccc(CC(C(=O)O)c2cccc(F)c2)cc1. The lowest BCUT2D eigenvalue weighted by molar-refractivity contribution is -0.138. The van der Waals surface area contributed by atoms with Crippen LogP contribution in [0.4, 0.5) is 4.39 Å². The van der Waals surface area contributed by atoms with Gasteiger partial charge in [0.25, 0.3) is 0 Å². The molecule has 0 saturated carbocycles. The third-order valence-electron chi connectivity index (χ3n) is 3.64. The number of carbonyl (C=O) groups is 1. The summed E-state index contributed by atoms with van der Waals surface area (Å²) >= 11 is 0. The van der Waals surface area contributed by atoms with Crippen molar-refractivity contribution in [1.82, 2.24) is 0 Å². The second-order valence-corrected chi connectivity index (χ2v) is 5.55. The monoisotopic (exact) mass is 286 g/mol. The summed E-state index contributed by atoms with van der Waals surface area (Å²) in [6, 6.07) is 13.7. The Bertz CT molecular complexity index is 617. The van der Waals surface area contributed by atoms with E-state index in [1.165, 1.54) is 17.7 Å². The van der Waals surface area contributed by atoms with Crippen LogP contribution in [-0.2, 0) is 11.2 Å². The van der Waals surface area contributed by atoms with E-state index < -0.39 is 17.7 Å². The minimum Gasteiger partial charge on any atom is -0.481 e. The summed E-state index contributed by atoms with van der Waals surface area (Å²) in [7, 11) is 0. The lowest BCUT2D eigenvalue weighted by atomic mass is 9.91. The Morgan fingerprint density at radius 1 is 1.10 bits per heavy atom. The Labute approximate surface area is 124 Å². The van der Waals surface area contributed by atoms with Crippen molar-refractivity contribution in [3.8, 4) is 0 Å². The highest BCUT2D eigenvalue weighted by Gasteiger charge is 2.20. The van der Waals surface area contributed by atoms with E-state index in [2.05, 4.69) is 13.8 Å². The smallest absolute Gasteiger partial charge is 0.311 e. The molecule has 0 aromatic heterocycles. The van der Waals surface area contributed by atoms with Crippen molar-refractivity contribution in [3.05, 3.63) is 71.0 Å². The predicted molar refractivity (Wildman–Crippen MR) is 81.0 cm³/mol. The molecule has 0 aliphatic heterocycles. The van der Waals surface area contributed by atoms with Gasteiger partial charge < -0.3 is 5.11 Å². The molecule has 2 rings (SSSR count). The summed E-state index contributed by atoms with van der Waals surface area (Å²) in [6.45, 7) is 4.23. The summed E-state index contributed by atoms with van der Waals surface area (Å²) in [6.07, 6.45) is 0.358. The molecule has 21 heavy (non-hydrogen) atoms. The third-order valence-corrected chi connectivity index (χ3v) is 3.64. The Hall–Kier alpha value is -2.16. The van der Waals surface area contributed by atoms with Crippen LogP contribution in [0, 0.1) is 5.82 Å². The number of hydrogen-bond donors (Lipinski definition) is 1. The summed E-state index contributed by atoms with van der Waals surface area (Å²) in [4.78, 5) is 11.5. The second-order valence-electron chi connectivity index (χ2n) is 5.55. The van der Waals surface area contributed by atoms with E-state index in [9.17, 15) is 14.3 Å². The number of carboxylic acid groups (broad SMARTS) is 1. The fourth-order valence-electron chi connectivity index (χ4n) is 2.35. The van der Waals surface area contributed by atoms with Gasteiger partial charge in [0, 0.05) is 0 Å². The first-order valence-corrected chi connectivity index (χ1v) is 7.04. The molecule has 0 saturated heterocycles. The molecule has 0 bridgehead atoms. The standard InChI is InChI=1S/C18H19FO2/c1-12(2)14-8-6-13(7-9-14)10-17(18(20)21)15-4-3-5-16(19)11-15/h3-9,11-12,17H,10H2,1-2H3,(H,20,21). The lowest BCUT2D eigenvalue weighted by Gasteiger charge is -2.14. The van der Waals surface area contributed by atoms with E-state index >= 15 is 0 Å². The van der Waals surface area contributed by atoms with Crippen LogP contribution in [0.5, 0.6) is 0 Å². The Balaban J connectivity index is 2.22. The van der Waals surface area contributed by atoms with Crippen molar-refractivity contribution in [2.45, 2.75) is 32.1 Å². The first-order chi connectivity index (χ1) is 9.97. The highest BCUT2D eigenvalue weighted by molar-refractivity contribution is 5.76. The van der Waals surface area contributed by atoms with Gasteiger partial charge in [-0.1, -0.05) is 50.2 Å². The van der Waals surface area contributed by atoms with E-state index in [-0.39, 0.29) is 0 Å². The van der Waals surface area contributed by atoms with Crippen LogP contribution in [0.3, 0.4) is 0 Å². The second kappa shape index (κ2) is 6.53. The average Bonchev–Trinajstić information content (AvgIpc) is 2.45. The van der Waals surface area contributed by atoms with Crippen LogP contribution in [0.15, 0.2) is 48.5 Å². The molecule has 1 N–H and O–H groups in total. The van der Waals surface area contributed by atoms with Gasteiger partial charge in [-0.2, -0.15) is 0 Å². The third kappa shape index (κ3) is 3.91. The van der Waals surface area contributed by atoms with Gasteiger partial charge in [-0.05, 0) is 41.2 Å².